The summed E-state index contributed by atoms with van der Waals surface area (Å²) in [6.45, 7) is 4.32. The molecule has 1 saturated carbocycles. The summed E-state index contributed by atoms with van der Waals surface area (Å²) in [5.74, 6) is -0.602. The number of oxime groups is 1. The fraction of sp³-hybridized carbons (Fsp3) is 0.487. The Balaban J connectivity index is 1.56. The number of hydrogen-bond donors (Lipinski definition) is 4. The first-order valence-electron chi connectivity index (χ1n) is 18.2. The summed E-state index contributed by atoms with van der Waals surface area (Å²) in [5.41, 5.74) is 2.77. The first-order valence-corrected chi connectivity index (χ1v) is 19.6. The molecule has 4 N–H and O–H groups in total. The van der Waals surface area contributed by atoms with E-state index in [0.29, 0.717) is 24.3 Å². The summed E-state index contributed by atoms with van der Waals surface area (Å²) >= 11 is 0. The van der Waals surface area contributed by atoms with E-state index in [9.17, 15) is 23.1 Å². The van der Waals surface area contributed by atoms with Crippen molar-refractivity contribution in [3.8, 4) is 0 Å². The van der Waals surface area contributed by atoms with Gasteiger partial charge in [0.15, 0.2) is 0 Å². The fourth-order valence-electron chi connectivity index (χ4n) is 6.56. The van der Waals surface area contributed by atoms with Crippen molar-refractivity contribution < 1.29 is 33.1 Å². The van der Waals surface area contributed by atoms with Crippen molar-refractivity contribution in [3.05, 3.63) is 95.3 Å². The minimum atomic E-state index is -4.06. The van der Waals surface area contributed by atoms with Crippen LogP contribution in [0.3, 0.4) is 0 Å². The van der Waals surface area contributed by atoms with Crippen LogP contribution in [0.5, 0.6) is 0 Å². The summed E-state index contributed by atoms with van der Waals surface area (Å²) < 4.78 is 34.7. The number of methoxy groups -OCH3 is 1. The molecule has 0 unspecified atom stereocenters. The Kier molecular flexibility index (Phi) is 15.8. The number of carbonyl (C=O) groups excluding carboxylic acids is 2. The normalized spacial score (nSPS) is 16.0. The Morgan fingerprint density at radius 3 is 2.34 bits per heavy atom. The van der Waals surface area contributed by atoms with E-state index in [1.54, 1.807) is 26.3 Å². The number of nitrogens with one attached hydrogen (secondary N) is 2. The van der Waals surface area contributed by atoms with Gasteiger partial charge in [-0.2, -0.15) is 4.31 Å². The van der Waals surface area contributed by atoms with Gasteiger partial charge in [-0.3, -0.25) is 9.78 Å². The number of rotatable bonds is 19. The molecular weight excluding hydrogens is 697 g/mol. The molecule has 288 valence electrons. The second-order valence-electron chi connectivity index (χ2n) is 13.9. The predicted molar refractivity (Wildman–Crippen MR) is 203 cm³/mol. The summed E-state index contributed by atoms with van der Waals surface area (Å²) in [7, 11) is -0.850. The van der Waals surface area contributed by atoms with Crippen LogP contribution in [0, 0.1) is 11.8 Å². The van der Waals surface area contributed by atoms with E-state index in [1.165, 1.54) is 27.6 Å². The van der Waals surface area contributed by atoms with Crippen molar-refractivity contribution in [2.45, 2.75) is 88.6 Å². The number of urea groups is 1. The SMILES string of the molecule is CC[C@H](C)[C@H](NC(=O)N(C)Cc1cccc(COC)n1)C(=O)N[C@@H](Cc1ccccc1)[C@H](O)CN(CC1CCCC1)S(=O)(=O)c1ccc(C=NO)cc1. The van der Waals surface area contributed by atoms with Crippen LogP contribution in [0.25, 0.3) is 0 Å². The third-order valence-corrected chi connectivity index (χ3v) is 11.7. The van der Waals surface area contributed by atoms with Crippen LogP contribution < -0.4 is 10.6 Å². The molecule has 13 nitrogen and oxygen atoms in total. The highest BCUT2D eigenvalue weighted by atomic mass is 32.2. The van der Waals surface area contributed by atoms with Gasteiger partial charge in [0.1, 0.15) is 6.04 Å². The van der Waals surface area contributed by atoms with E-state index < -0.39 is 40.1 Å². The lowest BCUT2D eigenvalue weighted by Crippen LogP contribution is -2.58. The van der Waals surface area contributed by atoms with Gasteiger partial charge in [0.2, 0.25) is 15.9 Å². The van der Waals surface area contributed by atoms with Gasteiger partial charge in [-0.25, -0.2) is 13.2 Å². The van der Waals surface area contributed by atoms with Gasteiger partial charge < -0.3 is 30.6 Å². The van der Waals surface area contributed by atoms with Gasteiger partial charge in [0, 0.05) is 27.2 Å². The van der Waals surface area contributed by atoms with Crippen LogP contribution in [0.15, 0.2) is 82.8 Å². The molecule has 0 aliphatic heterocycles. The number of aliphatic hydroxyl groups is 1. The highest BCUT2D eigenvalue weighted by Crippen LogP contribution is 2.28. The Morgan fingerprint density at radius 2 is 1.70 bits per heavy atom. The monoisotopic (exact) mass is 750 g/mol. The Labute approximate surface area is 313 Å². The molecular formula is C39H54N6O7S. The van der Waals surface area contributed by atoms with Crippen molar-refractivity contribution in [3.63, 3.8) is 0 Å². The van der Waals surface area contributed by atoms with Crippen molar-refractivity contribution >= 4 is 28.2 Å². The van der Waals surface area contributed by atoms with Gasteiger partial charge in [0.25, 0.3) is 0 Å². The topological polar surface area (TPSA) is 174 Å². The molecule has 0 bridgehead atoms. The third kappa shape index (κ3) is 12.1. The largest absolute Gasteiger partial charge is 0.411 e. The average molecular weight is 751 g/mol. The van der Waals surface area contributed by atoms with Crippen molar-refractivity contribution in [2.75, 3.05) is 27.2 Å². The molecule has 1 aliphatic carbocycles. The molecule has 3 aromatic rings. The van der Waals surface area contributed by atoms with E-state index in [1.807, 2.05) is 62.4 Å². The predicted octanol–water partition coefficient (Wildman–Crippen LogP) is 4.56. The van der Waals surface area contributed by atoms with Gasteiger partial charge >= 0.3 is 6.03 Å². The van der Waals surface area contributed by atoms with Gasteiger partial charge in [-0.1, -0.05) is 86.8 Å². The van der Waals surface area contributed by atoms with E-state index in [0.717, 1.165) is 36.9 Å². The van der Waals surface area contributed by atoms with Crippen LogP contribution in [0.1, 0.15) is 68.5 Å². The summed E-state index contributed by atoms with van der Waals surface area (Å²) in [4.78, 5) is 33.6. The zero-order valence-corrected chi connectivity index (χ0v) is 31.9. The zero-order chi connectivity index (χ0) is 38.4. The number of carbonyl (C=O) groups is 2. The number of amides is 3. The molecule has 2 aromatic carbocycles. The standard InChI is InChI=1S/C39H54N6O7S/c1-5-28(2)37(43-39(48)44(3)25-32-16-11-17-33(41-32)27-52-4)38(47)42-35(22-29-12-7-6-8-13-29)36(46)26-45(24-31-14-9-10-15-31)53(50,51)34-20-18-30(19-21-34)23-40-49/h6-8,11-13,16-21,23,28,31,35-37,46,49H,5,9-10,14-15,22,24-27H2,1-4H3,(H,42,47)(H,43,48)/t28-,35-,36+,37-/m0/s1. The number of benzene rings is 2. The zero-order valence-electron chi connectivity index (χ0n) is 31.1. The molecule has 1 aliphatic rings. The number of aromatic nitrogens is 1. The fourth-order valence-corrected chi connectivity index (χ4v) is 8.09. The maximum atomic E-state index is 14.1. The van der Waals surface area contributed by atoms with Crippen LogP contribution in [-0.2, 0) is 39.1 Å². The minimum absolute atomic E-state index is 0.0470. The number of sulfonamides is 1. The molecule has 1 aromatic heterocycles. The van der Waals surface area contributed by atoms with E-state index in [-0.39, 0.29) is 42.8 Å². The highest BCUT2D eigenvalue weighted by molar-refractivity contribution is 7.89. The van der Waals surface area contributed by atoms with Gasteiger partial charge in [0.05, 0.1) is 47.8 Å². The molecule has 53 heavy (non-hydrogen) atoms. The van der Waals surface area contributed by atoms with Crippen molar-refractivity contribution in [2.24, 2.45) is 17.0 Å². The smallest absolute Gasteiger partial charge is 0.318 e. The minimum Gasteiger partial charge on any atom is -0.411 e. The number of ether oxygens (including phenoxy) is 1. The molecule has 1 fully saturated rings. The molecule has 1 heterocycles. The number of nitrogens with zero attached hydrogens (tertiary/aromatic N) is 4. The van der Waals surface area contributed by atoms with Gasteiger partial charge in [-0.15, -0.1) is 0 Å². The number of hydrogen-bond acceptors (Lipinski definition) is 9. The van der Waals surface area contributed by atoms with Crippen molar-refractivity contribution in [1.29, 1.82) is 0 Å². The summed E-state index contributed by atoms with van der Waals surface area (Å²) in [6.07, 6.45) is 4.53. The van der Waals surface area contributed by atoms with E-state index >= 15 is 0 Å². The molecule has 3 amide bonds. The molecule has 0 saturated heterocycles. The highest BCUT2D eigenvalue weighted by Gasteiger charge is 2.35. The summed E-state index contributed by atoms with van der Waals surface area (Å²) in [6, 6.07) is 18.6. The quantitative estimate of drug-likeness (QED) is 0.0784. The molecule has 0 radical (unpaired) electrons. The lowest BCUT2D eigenvalue weighted by atomic mass is 9.96. The maximum Gasteiger partial charge on any atom is 0.318 e. The van der Waals surface area contributed by atoms with E-state index in [2.05, 4.69) is 20.8 Å². The van der Waals surface area contributed by atoms with E-state index in [4.69, 9.17) is 9.94 Å². The van der Waals surface area contributed by atoms with Crippen LogP contribution in [-0.4, -0.2) is 96.5 Å². The molecule has 14 heteroatoms. The van der Waals surface area contributed by atoms with Crippen LogP contribution >= 0.6 is 0 Å². The summed E-state index contributed by atoms with van der Waals surface area (Å²) in [5, 5.41) is 29.7. The molecule has 4 atom stereocenters. The first kappa shape index (κ1) is 41.4. The number of aliphatic hydroxyl groups excluding tert-OH is 1. The first-order chi connectivity index (χ1) is 25.4. The van der Waals surface area contributed by atoms with Crippen LogP contribution in [0.2, 0.25) is 0 Å². The van der Waals surface area contributed by atoms with Gasteiger partial charge in [-0.05, 0) is 66.5 Å². The lowest BCUT2D eigenvalue weighted by molar-refractivity contribution is -0.125. The second kappa shape index (κ2) is 20.2. The average Bonchev–Trinajstić information content (AvgIpc) is 3.67. The molecule has 0 spiro atoms. The molecule has 4 rings (SSSR count). The Bertz CT molecular complexity index is 1740. The third-order valence-electron chi connectivity index (χ3n) is 9.82. The maximum absolute atomic E-state index is 14.1. The van der Waals surface area contributed by atoms with Crippen LogP contribution in [0.4, 0.5) is 4.79 Å². The lowest BCUT2D eigenvalue weighted by Gasteiger charge is -2.33. The second-order valence-corrected chi connectivity index (χ2v) is 15.8. The van der Waals surface area contributed by atoms with Crippen molar-refractivity contribution in [1.82, 2.24) is 24.8 Å². The Morgan fingerprint density at radius 1 is 1.02 bits per heavy atom. The number of pyridine rings is 1. The Hall–Kier alpha value is -4.37.